The van der Waals surface area contributed by atoms with Crippen molar-refractivity contribution in [2.75, 3.05) is 5.43 Å². The van der Waals surface area contributed by atoms with Gasteiger partial charge in [0.25, 0.3) is 5.91 Å². The predicted molar refractivity (Wildman–Crippen MR) is 74.8 cm³/mol. The molecule has 0 bridgehead atoms. The number of nitrogens with one attached hydrogen (secondary N) is 2. The molecule has 19 heavy (non-hydrogen) atoms. The molecule has 2 aromatic rings. The minimum absolute atomic E-state index is 0.156. The lowest BCUT2D eigenvalue weighted by molar-refractivity contribution is 0.0940. The molecule has 100 valence electrons. The van der Waals surface area contributed by atoms with Crippen molar-refractivity contribution in [3.05, 3.63) is 40.0 Å². The third-order valence-corrected chi connectivity index (χ3v) is 3.69. The van der Waals surface area contributed by atoms with Crippen molar-refractivity contribution in [2.24, 2.45) is 5.84 Å². The quantitative estimate of drug-likeness (QED) is 0.583. The van der Waals surface area contributed by atoms with Crippen LogP contribution in [0.2, 0.25) is 0 Å². The molecule has 2 aromatic heterocycles. The molecule has 1 unspecified atom stereocenters. The standard InChI is InChI=1S/C12H15N5OS/c1-7-6-19-12(15-7)8(2)16-11(18)9-4-3-5-14-10(9)17-13/h3-6,8H,13H2,1-2H3,(H,14,17)(H,16,18). The number of aryl methyl sites for hydroxylation is 1. The number of thiazole rings is 1. The van der Waals surface area contributed by atoms with Gasteiger partial charge in [0.05, 0.1) is 11.6 Å². The number of hydrogen-bond acceptors (Lipinski definition) is 6. The smallest absolute Gasteiger partial charge is 0.255 e. The molecule has 0 radical (unpaired) electrons. The monoisotopic (exact) mass is 277 g/mol. The van der Waals surface area contributed by atoms with Crippen LogP contribution in [0.3, 0.4) is 0 Å². The lowest BCUT2D eigenvalue weighted by Gasteiger charge is -2.12. The molecule has 2 heterocycles. The highest BCUT2D eigenvalue weighted by atomic mass is 32.1. The molecular formula is C12H15N5OS. The number of carbonyl (C=O) groups excluding carboxylic acids is 1. The number of pyridine rings is 1. The Morgan fingerprint density at radius 1 is 1.53 bits per heavy atom. The normalized spacial score (nSPS) is 11.9. The summed E-state index contributed by atoms with van der Waals surface area (Å²) in [7, 11) is 0. The van der Waals surface area contributed by atoms with E-state index in [-0.39, 0.29) is 11.9 Å². The SMILES string of the molecule is Cc1csc(C(C)NC(=O)c2cccnc2NN)n1. The summed E-state index contributed by atoms with van der Waals surface area (Å²) in [6, 6.07) is 3.20. The molecule has 0 spiro atoms. The second-order valence-electron chi connectivity index (χ2n) is 4.07. The minimum atomic E-state index is -0.235. The van der Waals surface area contributed by atoms with Crippen LogP contribution in [0.1, 0.15) is 34.0 Å². The van der Waals surface area contributed by atoms with E-state index in [2.05, 4.69) is 20.7 Å². The highest BCUT2D eigenvalue weighted by Gasteiger charge is 2.16. The van der Waals surface area contributed by atoms with Gasteiger partial charge in [-0.1, -0.05) is 0 Å². The van der Waals surface area contributed by atoms with Crippen molar-refractivity contribution in [1.82, 2.24) is 15.3 Å². The van der Waals surface area contributed by atoms with E-state index in [0.717, 1.165) is 10.7 Å². The van der Waals surface area contributed by atoms with E-state index < -0.39 is 0 Å². The minimum Gasteiger partial charge on any atom is -0.343 e. The van der Waals surface area contributed by atoms with Crippen LogP contribution in [0.4, 0.5) is 5.82 Å². The van der Waals surface area contributed by atoms with Gasteiger partial charge in [-0.15, -0.1) is 11.3 Å². The molecule has 0 aliphatic carbocycles. The summed E-state index contributed by atoms with van der Waals surface area (Å²) >= 11 is 1.52. The summed E-state index contributed by atoms with van der Waals surface area (Å²) in [6.07, 6.45) is 1.57. The van der Waals surface area contributed by atoms with Crippen LogP contribution in [0, 0.1) is 6.92 Å². The number of nitrogens with zero attached hydrogens (tertiary/aromatic N) is 2. The van der Waals surface area contributed by atoms with Gasteiger partial charge >= 0.3 is 0 Å². The average Bonchev–Trinajstić information content (AvgIpc) is 2.85. The number of anilines is 1. The Bertz CT molecular complexity index is 583. The molecule has 4 N–H and O–H groups in total. The first-order valence-electron chi connectivity index (χ1n) is 5.76. The summed E-state index contributed by atoms with van der Waals surface area (Å²) < 4.78 is 0. The fourth-order valence-corrected chi connectivity index (χ4v) is 2.41. The Labute approximate surface area is 115 Å². The van der Waals surface area contributed by atoms with Crippen molar-refractivity contribution >= 4 is 23.1 Å². The zero-order chi connectivity index (χ0) is 13.8. The molecule has 6 nitrogen and oxygen atoms in total. The zero-order valence-electron chi connectivity index (χ0n) is 10.7. The lowest BCUT2D eigenvalue weighted by atomic mass is 10.2. The van der Waals surface area contributed by atoms with Crippen LogP contribution in [-0.2, 0) is 0 Å². The molecule has 0 aromatic carbocycles. The molecule has 0 fully saturated rings. The van der Waals surface area contributed by atoms with E-state index in [4.69, 9.17) is 5.84 Å². The van der Waals surface area contributed by atoms with Gasteiger partial charge in [-0.25, -0.2) is 15.8 Å². The molecular weight excluding hydrogens is 262 g/mol. The number of carbonyl (C=O) groups is 1. The largest absolute Gasteiger partial charge is 0.343 e. The summed E-state index contributed by atoms with van der Waals surface area (Å²) in [5.74, 6) is 5.45. The van der Waals surface area contributed by atoms with Crippen LogP contribution in [0.25, 0.3) is 0 Å². The molecule has 1 amide bonds. The number of hydrogen-bond donors (Lipinski definition) is 3. The topological polar surface area (TPSA) is 92.9 Å². The number of nitrogen functional groups attached to an aromatic ring is 1. The predicted octanol–water partition coefficient (Wildman–Crippen LogP) is 1.62. The van der Waals surface area contributed by atoms with Crippen molar-refractivity contribution < 1.29 is 4.79 Å². The second kappa shape index (κ2) is 5.77. The van der Waals surface area contributed by atoms with Gasteiger partial charge in [0.1, 0.15) is 5.01 Å². The van der Waals surface area contributed by atoms with E-state index in [1.807, 2.05) is 19.2 Å². The molecule has 0 aliphatic heterocycles. The second-order valence-corrected chi connectivity index (χ2v) is 4.96. The van der Waals surface area contributed by atoms with Crippen LogP contribution < -0.4 is 16.6 Å². The van der Waals surface area contributed by atoms with Gasteiger partial charge in [-0.3, -0.25) is 4.79 Å². The Morgan fingerprint density at radius 3 is 2.95 bits per heavy atom. The van der Waals surface area contributed by atoms with Crippen LogP contribution in [0.15, 0.2) is 23.7 Å². The van der Waals surface area contributed by atoms with Gasteiger partial charge in [-0.05, 0) is 26.0 Å². The van der Waals surface area contributed by atoms with E-state index in [9.17, 15) is 4.79 Å². The van der Waals surface area contributed by atoms with E-state index in [0.29, 0.717) is 11.4 Å². The highest BCUT2D eigenvalue weighted by Crippen LogP contribution is 2.18. The summed E-state index contributed by atoms with van der Waals surface area (Å²) in [5, 5.41) is 5.70. The summed E-state index contributed by atoms with van der Waals surface area (Å²) in [4.78, 5) is 20.5. The van der Waals surface area contributed by atoms with Gasteiger partial charge in [0.15, 0.2) is 5.82 Å². The zero-order valence-corrected chi connectivity index (χ0v) is 11.5. The molecule has 1 atom stereocenters. The van der Waals surface area contributed by atoms with Crippen molar-refractivity contribution in [1.29, 1.82) is 0 Å². The van der Waals surface area contributed by atoms with Crippen molar-refractivity contribution in [3.8, 4) is 0 Å². The maximum atomic E-state index is 12.1. The molecule has 2 rings (SSSR count). The number of aromatic nitrogens is 2. The van der Waals surface area contributed by atoms with E-state index in [1.54, 1.807) is 18.3 Å². The Morgan fingerprint density at radius 2 is 2.32 bits per heavy atom. The molecule has 0 saturated carbocycles. The van der Waals surface area contributed by atoms with E-state index >= 15 is 0 Å². The Hall–Kier alpha value is -1.99. The summed E-state index contributed by atoms with van der Waals surface area (Å²) in [6.45, 7) is 3.81. The fourth-order valence-electron chi connectivity index (χ4n) is 1.61. The van der Waals surface area contributed by atoms with Gasteiger partial charge in [0, 0.05) is 17.3 Å². The Balaban J connectivity index is 2.12. The highest BCUT2D eigenvalue weighted by molar-refractivity contribution is 7.09. The lowest BCUT2D eigenvalue weighted by Crippen LogP contribution is -2.28. The van der Waals surface area contributed by atoms with Crippen LogP contribution >= 0.6 is 11.3 Å². The van der Waals surface area contributed by atoms with E-state index in [1.165, 1.54) is 11.3 Å². The van der Waals surface area contributed by atoms with Gasteiger partial charge < -0.3 is 10.7 Å². The first-order chi connectivity index (χ1) is 9.11. The first-order valence-corrected chi connectivity index (χ1v) is 6.64. The van der Waals surface area contributed by atoms with Crippen LogP contribution in [-0.4, -0.2) is 15.9 Å². The molecule has 0 saturated heterocycles. The first kappa shape index (κ1) is 13.4. The Kier molecular flexibility index (Phi) is 4.08. The summed E-state index contributed by atoms with van der Waals surface area (Å²) in [5.41, 5.74) is 3.77. The molecule has 0 aliphatic rings. The third-order valence-electron chi connectivity index (χ3n) is 2.54. The maximum absolute atomic E-state index is 12.1. The van der Waals surface area contributed by atoms with Crippen LogP contribution in [0.5, 0.6) is 0 Å². The maximum Gasteiger partial charge on any atom is 0.255 e. The number of amides is 1. The van der Waals surface area contributed by atoms with Gasteiger partial charge in [-0.2, -0.15) is 0 Å². The third kappa shape index (κ3) is 3.07. The number of rotatable bonds is 4. The average molecular weight is 277 g/mol. The van der Waals surface area contributed by atoms with Gasteiger partial charge in [0.2, 0.25) is 0 Å². The van der Waals surface area contributed by atoms with Crippen molar-refractivity contribution in [3.63, 3.8) is 0 Å². The number of hydrazine groups is 1. The van der Waals surface area contributed by atoms with Crippen molar-refractivity contribution in [2.45, 2.75) is 19.9 Å². The number of nitrogens with two attached hydrogens (primary N) is 1. The molecule has 7 heteroatoms. The fraction of sp³-hybridized carbons (Fsp3) is 0.250.